The maximum absolute atomic E-state index is 13.1. The maximum atomic E-state index is 13.1. The number of rotatable bonds is 7. The van der Waals surface area contributed by atoms with Gasteiger partial charge in [-0.1, -0.05) is 31.5 Å². The number of aromatic amines is 1. The summed E-state index contributed by atoms with van der Waals surface area (Å²) in [6.45, 7) is 6.16. The molecule has 2 aromatic rings. The van der Waals surface area contributed by atoms with E-state index in [1.54, 1.807) is 6.92 Å². The van der Waals surface area contributed by atoms with E-state index < -0.39 is 11.2 Å². The van der Waals surface area contributed by atoms with Crippen LogP contribution >= 0.6 is 0 Å². The van der Waals surface area contributed by atoms with Crippen LogP contribution in [0, 0.1) is 0 Å². The van der Waals surface area contributed by atoms with Crippen molar-refractivity contribution in [3.8, 4) is 5.75 Å². The van der Waals surface area contributed by atoms with E-state index in [4.69, 9.17) is 10.5 Å². The number of benzene rings is 1. The zero-order chi connectivity index (χ0) is 21.7. The van der Waals surface area contributed by atoms with Crippen molar-refractivity contribution in [3.63, 3.8) is 0 Å². The largest absolute Gasteiger partial charge is 0.492 e. The summed E-state index contributed by atoms with van der Waals surface area (Å²) in [5, 5.41) is 0. The van der Waals surface area contributed by atoms with Gasteiger partial charge in [0, 0.05) is 31.7 Å². The number of para-hydroxylation sites is 1. The second kappa shape index (κ2) is 9.62. The number of nitrogen functional groups attached to an aromatic ring is 1. The van der Waals surface area contributed by atoms with Gasteiger partial charge in [0.2, 0.25) is 5.91 Å². The first-order valence-electron chi connectivity index (χ1n) is 10.3. The Hall–Kier alpha value is -3.07. The molecule has 0 spiro atoms. The van der Waals surface area contributed by atoms with Gasteiger partial charge >= 0.3 is 5.69 Å². The third-order valence-corrected chi connectivity index (χ3v) is 5.23. The SMILES string of the molecule is CCCCn1c(N)c(N(CC)C(=O)CN2CCOc3ccccc3C2)c(=O)[nH]c1=O. The average molecular weight is 415 g/mol. The number of nitrogens with two attached hydrogens (primary N) is 1. The Morgan fingerprint density at radius 3 is 2.77 bits per heavy atom. The summed E-state index contributed by atoms with van der Waals surface area (Å²) in [4.78, 5) is 43.5. The lowest BCUT2D eigenvalue weighted by Crippen LogP contribution is -2.45. The van der Waals surface area contributed by atoms with Crippen LogP contribution in [0.15, 0.2) is 33.9 Å². The number of hydrogen-bond donors (Lipinski definition) is 2. The normalized spacial score (nSPS) is 13.9. The number of H-pyrrole nitrogens is 1. The molecule has 0 aliphatic carbocycles. The number of hydrogen-bond acceptors (Lipinski definition) is 6. The number of amides is 1. The number of fused-ring (bicyclic) bond motifs is 1. The van der Waals surface area contributed by atoms with Crippen LogP contribution in [0.2, 0.25) is 0 Å². The molecule has 9 nitrogen and oxygen atoms in total. The molecule has 0 unspecified atom stereocenters. The van der Waals surface area contributed by atoms with E-state index >= 15 is 0 Å². The number of unbranched alkanes of at least 4 members (excludes halogenated alkanes) is 1. The lowest BCUT2D eigenvalue weighted by Gasteiger charge is -2.26. The average Bonchev–Trinajstić information content (AvgIpc) is 2.92. The van der Waals surface area contributed by atoms with Crippen LogP contribution in [0.5, 0.6) is 5.75 Å². The Morgan fingerprint density at radius 1 is 1.27 bits per heavy atom. The Kier molecular flexibility index (Phi) is 6.94. The third-order valence-electron chi connectivity index (χ3n) is 5.23. The van der Waals surface area contributed by atoms with Gasteiger partial charge in [-0.15, -0.1) is 0 Å². The first-order chi connectivity index (χ1) is 14.5. The fourth-order valence-electron chi connectivity index (χ4n) is 3.63. The van der Waals surface area contributed by atoms with Crippen LogP contribution in [0.4, 0.5) is 11.5 Å². The number of anilines is 2. The molecular formula is C21H29N5O4. The zero-order valence-electron chi connectivity index (χ0n) is 17.5. The zero-order valence-corrected chi connectivity index (χ0v) is 17.5. The molecule has 1 amide bonds. The molecule has 2 heterocycles. The molecule has 0 bridgehead atoms. The van der Waals surface area contributed by atoms with E-state index in [1.807, 2.05) is 36.1 Å². The Labute approximate surface area is 175 Å². The lowest BCUT2D eigenvalue weighted by atomic mass is 10.2. The minimum absolute atomic E-state index is 0.0249. The van der Waals surface area contributed by atoms with Crippen LogP contribution < -0.4 is 26.6 Å². The Bertz CT molecular complexity index is 1010. The standard InChI is InChI=1S/C21H29N5O4/c1-3-5-10-26-19(22)18(20(28)23-21(26)29)25(4-2)17(27)14-24-11-12-30-16-9-7-6-8-15(16)13-24/h6-9H,3-5,10-14,22H2,1-2H3,(H,23,28,29). The summed E-state index contributed by atoms with van der Waals surface area (Å²) in [7, 11) is 0. The van der Waals surface area contributed by atoms with E-state index in [1.165, 1.54) is 9.47 Å². The van der Waals surface area contributed by atoms with Gasteiger partial charge < -0.3 is 15.4 Å². The van der Waals surface area contributed by atoms with E-state index in [0.717, 1.165) is 24.2 Å². The van der Waals surface area contributed by atoms with Crippen molar-refractivity contribution in [1.82, 2.24) is 14.5 Å². The molecule has 9 heteroatoms. The third kappa shape index (κ3) is 4.56. The van der Waals surface area contributed by atoms with Crippen molar-refractivity contribution in [1.29, 1.82) is 0 Å². The predicted molar refractivity (Wildman–Crippen MR) is 116 cm³/mol. The number of carbonyl (C=O) groups is 1. The molecule has 0 saturated heterocycles. The molecule has 1 aliphatic heterocycles. The molecule has 30 heavy (non-hydrogen) atoms. The molecule has 3 N–H and O–H groups in total. The van der Waals surface area contributed by atoms with Crippen molar-refractivity contribution in [2.75, 3.05) is 36.9 Å². The van der Waals surface area contributed by atoms with E-state index in [9.17, 15) is 14.4 Å². The van der Waals surface area contributed by atoms with Gasteiger partial charge in [-0.2, -0.15) is 0 Å². The summed E-state index contributed by atoms with van der Waals surface area (Å²) in [5.41, 5.74) is 6.02. The minimum Gasteiger partial charge on any atom is -0.492 e. The number of aromatic nitrogens is 2. The highest BCUT2D eigenvalue weighted by Gasteiger charge is 2.25. The van der Waals surface area contributed by atoms with Gasteiger partial charge in [0.15, 0.2) is 5.69 Å². The highest BCUT2D eigenvalue weighted by atomic mass is 16.5. The number of likely N-dealkylation sites (N-methyl/N-ethyl adjacent to an activating group) is 1. The second-order valence-electron chi connectivity index (χ2n) is 7.30. The van der Waals surface area contributed by atoms with Crippen LogP contribution in [0.1, 0.15) is 32.3 Å². The van der Waals surface area contributed by atoms with Gasteiger partial charge in [0.1, 0.15) is 18.2 Å². The molecule has 1 aromatic carbocycles. The van der Waals surface area contributed by atoms with E-state index in [-0.39, 0.29) is 30.5 Å². The second-order valence-corrected chi connectivity index (χ2v) is 7.30. The minimum atomic E-state index is -0.648. The van der Waals surface area contributed by atoms with E-state index in [0.29, 0.717) is 26.2 Å². The molecular weight excluding hydrogens is 386 g/mol. The van der Waals surface area contributed by atoms with Crippen LogP contribution in [-0.2, 0) is 17.9 Å². The number of carbonyl (C=O) groups excluding carboxylic acids is 1. The van der Waals surface area contributed by atoms with Gasteiger partial charge in [-0.05, 0) is 19.4 Å². The quantitative estimate of drug-likeness (QED) is 0.702. The summed E-state index contributed by atoms with van der Waals surface area (Å²) in [5.74, 6) is 0.593. The molecule has 0 fully saturated rings. The fourth-order valence-corrected chi connectivity index (χ4v) is 3.63. The predicted octanol–water partition coefficient (Wildman–Crippen LogP) is 1.17. The van der Waals surface area contributed by atoms with Crippen molar-refractivity contribution >= 4 is 17.4 Å². The lowest BCUT2D eigenvalue weighted by molar-refractivity contribution is -0.119. The van der Waals surface area contributed by atoms with Crippen molar-refractivity contribution in [2.45, 2.75) is 39.8 Å². The van der Waals surface area contributed by atoms with E-state index in [2.05, 4.69) is 4.98 Å². The summed E-state index contributed by atoms with van der Waals surface area (Å²) in [6.07, 6.45) is 1.61. The van der Waals surface area contributed by atoms with Crippen molar-refractivity contribution in [3.05, 3.63) is 50.7 Å². The first kappa shape index (κ1) is 21.6. The first-order valence-corrected chi connectivity index (χ1v) is 10.3. The smallest absolute Gasteiger partial charge is 0.330 e. The van der Waals surface area contributed by atoms with Crippen LogP contribution in [0.25, 0.3) is 0 Å². The molecule has 162 valence electrons. The molecule has 1 aliphatic rings. The summed E-state index contributed by atoms with van der Waals surface area (Å²) in [6, 6.07) is 7.74. The monoisotopic (exact) mass is 415 g/mol. The number of nitrogens with one attached hydrogen (secondary N) is 1. The Balaban J connectivity index is 1.85. The molecule has 3 rings (SSSR count). The highest BCUT2D eigenvalue weighted by Crippen LogP contribution is 2.23. The number of ether oxygens (including phenoxy) is 1. The van der Waals surface area contributed by atoms with Crippen molar-refractivity contribution in [2.24, 2.45) is 0 Å². The maximum Gasteiger partial charge on any atom is 0.330 e. The van der Waals surface area contributed by atoms with Gasteiger partial charge in [0.05, 0.1) is 6.54 Å². The van der Waals surface area contributed by atoms with Crippen molar-refractivity contribution < 1.29 is 9.53 Å². The topological polar surface area (TPSA) is 114 Å². The highest BCUT2D eigenvalue weighted by molar-refractivity contribution is 5.96. The molecule has 0 radical (unpaired) electrons. The molecule has 0 saturated carbocycles. The molecule has 1 aromatic heterocycles. The summed E-state index contributed by atoms with van der Waals surface area (Å²) >= 11 is 0. The molecule has 0 atom stereocenters. The van der Waals surface area contributed by atoms with Crippen LogP contribution in [-0.4, -0.2) is 46.6 Å². The van der Waals surface area contributed by atoms with Gasteiger partial charge in [0.25, 0.3) is 5.56 Å². The van der Waals surface area contributed by atoms with Gasteiger partial charge in [-0.25, -0.2) is 4.79 Å². The Morgan fingerprint density at radius 2 is 2.03 bits per heavy atom. The summed E-state index contributed by atoms with van der Waals surface area (Å²) < 4.78 is 7.08. The van der Waals surface area contributed by atoms with Gasteiger partial charge in [-0.3, -0.25) is 24.0 Å². The number of nitrogens with zero attached hydrogens (tertiary/aromatic N) is 3. The fraction of sp³-hybridized carbons (Fsp3) is 0.476. The van der Waals surface area contributed by atoms with Crippen LogP contribution in [0.3, 0.4) is 0 Å².